The third kappa shape index (κ3) is 2.83. The van der Waals surface area contributed by atoms with Crippen LogP contribution in [0.3, 0.4) is 0 Å². The summed E-state index contributed by atoms with van der Waals surface area (Å²) in [5.74, 6) is 0.864. The highest BCUT2D eigenvalue weighted by Crippen LogP contribution is 2.38. The topological polar surface area (TPSA) is 20.3 Å². The first-order valence-electron chi connectivity index (χ1n) is 7.55. The average Bonchev–Trinajstić information content (AvgIpc) is 2.76. The lowest BCUT2D eigenvalue weighted by Crippen LogP contribution is -2.38. The summed E-state index contributed by atoms with van der Waals surface area (Å²) in [7, 11) is 0. The molecule has 0 unspecified atom stereocenters. The summed E-state index contributed by atoms with van der Waals surface area (Å²) < 4.78 is 0. The van der Waals surface area contributed by atoms with Crippen LogP contribution in [0.5, 0.6) is 0 Å². The van der Waals surface area contributed by atoms with Gasteiger partial charge in [0.15, 0.2) is 0 Å². The molecule has 1 aliphatic carbocycles. The smallest absolute Gasteiger partial charge is 0.226 e. The van der Waals surface area contributed by atoms with Crippen LogP contribution in [0.25, 0.3) is 0 Å². The van der Waals surface area contributed by atoms with Gasteiger partial charge in [0, 0.05) is 19.0 Å². The van der Waals surface area contributed by atoms with Gasteiger partial charge in [0.25, 0.3) is 0 Å². The first-order valence-corrected chi connectivity index (χ1v) is 7.55. The SMILES string of the molecule is CCCN(CCC)C(=O)[C@@H]1Cc2ccccc2[C@@H]1C. The Hall–Kier alpha value is -1.31. The highest BCUT2D eigenvalue weighted by molar-refractivity contribution is 5.81. The molecule has 0 aliphatic heterocycles. The molecule has 0 heterocycles. The van der Waals surface area contributed by atoms with Gasteiger partial charge in [-0.1, -0.05) is 45.0 Å². The first kappa shape index (κ1) is 14.1. The molecular weight excluding hydrogens is 234 g/mol. The van der Waals surface area contributed by atoms with Crippen LogP contribution < -0.4 is 0 Å². The van der Waals surface area contributed by atoms with E-state index >= 15 is 0 Å². The standard InChI is InChI=1S/C17H25NO/c1-4-10-18(11-5-2)17(19)16-12-14-8-6-7-9-15(14)13(16)3/h6-9,13,16H,4-5,10-12H2,1-3H3/t13-,16+/m0/s1. The molecule has 0 bridgehead atoms. The molecule has 0 radical (unpaired) electrons. The highest BCUT2D eigenvalue weighted by Gasteiger charge is 2.35. The van der Waals surface area contributed by atoms with Crippen molar-refractivity contribution in [3.63, 3.8) is 0 Å². The van der Waals surface area contributed by atoms with Crippen LogP contribution in [-0.4, -0.2) is 23.9 Å². The Balaban J connectivity index is 2.13. The lowest BCUT2D eigenvalue weighted by molar-refractivity contribution is -0.136. The number of carbonyl (C=O) groups is 1. The molecule has 1 aliphatic rings. The Morgan fingerprint density at radius 1 is 1.21 bits per heavy atom. The fraction of sp³-hybridized carbons (Fsp3) is 0.588. The maximum Gasteiger partial charge on any atom is 0.226 e. The summed E-state index contributed by atoms with van der Waals surface area (Å²) >= 11 is 0. The van der Waals surface area contributed by atoms with Gasteiger partial charge >= 0.3 is 0 Å². The molecule has 0 N–H and O–H groups in total. The third-order valence-corrected chi connectivity index (χ3v) is 4.20. The fourth-order valence-electron chi connectivity index (χ4n) is 3.20. The van der Waals surface area contributed by atoms with Gasteiger partial charge in [-0.2, -0.15) is 0 Å². The van der Waals surface area contributed by atoms with Gasteiger partial charge in [-0.25, -0.2) is 0 Å². The van der Waals surface area contributed by atoms with Gasteiger partial charge in [0.05, 0.1) is 0 Å². The Kier molecular flexibility index (Phi) is 4.62. The second kappa shape index (κ2) is 6.23. The third-order valence-electron chi connectivity index (χ3n) is 4.20. The van der Waals surface area contributed by atoms with Gasteiger partial charge in [0.1, 0.15) is 0 Å². The maximum absolute atomic E-state index is 12.7. The number of hydrogen-bond donors (Lipinski definition) is 0. The minimum atomic E-state index is 0.149. The van der Waals surface area contributed by atoms with Crippen molar-refractivity contribution >= 4 is 5.91 Å². The van der Waals surface area contributed by atoms with E-state index in [1.807, 2.05) is 0 Å². The van der Waals surface area contributed by atoms with Crippen molar-refractivity contribution in [3.05, 3.63) is 35.4 Å². The molecule has 1 aromatic rings. The number of amides is 1. The van der Waals surface area contributed by atoms with Crippen LogP contribution >= 0.6 is 0 Å². The summed E-state index contributed by atoms with van der Waals surface area (Å²) in [4.78, 5) is 14.8. The second-order valence-electron chi connectivity index (χ2n) is 5.62. The van der Waals surface area contributed by atoms with E-state index in [1.54, 1.807) is 0 Å². The lowest BCUT2D eigenvalue weighted by Gasteiger charge is -2.27. The van der Waals surface area contributed by atoms with Gasteiger partial charge in [-0.05, 0) is 36.3 Å². The Morgan fingerprint density at radius 2 is 1.84 bits per heavy atom. The van der Waals surface area contributed by atoms with E-state index < -0.39 is 0 Å². The van der Waals surface area contributed by atoms with Crippen molar-refractivity contribution in [1.82, 2.24) is 4.90 Å². The summed E-state index contributed by atoms with van der Waals surface area (Å²) in [6.45, 7) is 8.27. The van der Waals surface area contributed by atoms with Crippen molar-refractivity contribution in [2.24, 2.45) is 5.92 Å². The van der Waals surface area contributed by atoms with Crippen molar-refractivity contribution in [2.75, 3.05) is 13.1 Å². The van der Waals surface area contributed by atoms with Crippen LogP contribution in [-0.2, 0) is 11.2 Å². The molecule has 0 fully saturated rings. The van der Waals surface area contributed by atoms with Crippen molar-refractivity contribution < 1.29 is 4.79 Å². The molecular formula is C17H25NO. The summed E-state index contributed by atoms with van der Waals surface area (Å²) in [6.07, 6.45) is 3.00. The summed E-state index contributed by atoms with van der Waals surface area (Å²) in [6, 6.07) is 8.51. The zero-order valence-electron chi connectivity index (χ0n) is 12.4. The van der Waals surface area contributed by atoms with Gasteiger partial charge in [-0.15, -0.1) is 0 Å². The van der Waals surface area contributed by atoms with Crippen molar-refractivity contribution in [1.29, 1.82) is 0 Å². The van der Waals surface area contributed by atoms with E-state index in [4.69, 9.17) is 0 Å². The molecule has 0 aromatic heterocycles. The molecule has 1 aromatic carbocycles. The predicted octanol–water partition coefficient (Wildman–Crippen LogP) is 3.61. The van der Waals surface area contributed by atoms with Crippen molar-refractivity contribution in [2.45, 2.75) is 46.0 Å². The number of rotatable bonds is 5. The molecule has 19 heavy (non-hydrogen) atoms. The van der Waals surface area contributed by atoms with Crippen LogP contribution in [0, 0.1) is 5.92 Å². The second-order valence-corrected chi connectivity index (χ2v) is 5.62. The minimum absolute atomic E-state index is 0.149. The van der Waals surface area contributed by atoms with Gasteiger partial charge in [-0.3, -0.25) is 4.79 Å². The van der Waals surface area contributed by atoms with E-state index in [9.17, 15) is 4.79 Å². The van der Waals surface area contributed by atoms with Crippen LogP contribution in [0.15, 0.2) is 24.3 Å². The Bertz CT molecular complexity index is 435. The first-order chi connectivity index (χ1) is 9.19. The molecule has 1 amide bonds. The molecule has 0 saturated heterocycles. The van der Waals surface area contributed by atoms with Crippen LogP contribution in [0.4, 0.5) is 0 Å². The molecule has 2 atom stereocenters. The molecule has 0 spiro atoms. The Labute approximate surface area is 116 Å². The van der Waals surface area contributed by atoms with Crippen molar-refractivity contribution in [3.8, 4) is 0 Å². The molecule has 2 heteroatoms. The van der Waals surface area contributed by atoms with Crippen LogP contribution in [0.1, 0.15) is 50.7 Å². The van der Waals surface area contributed by atoms with Gasteiger partial charge < -0.3 is 4.90 Å². The monoisotopic (exact) mass is 259 g/mol. The zero-order valence-corrected chi connectivity index (χ0v) is 12.4. The summed E-state index contributed by atoms with van der Waals surface area (Å²) in [5, 5.41) is 0. The number of benzene rings is 1. The van der Waals surface area contributed by atoms with E-state index in [2.05, 4.69) is 49.9 Å². The van der Waals surface area contributed by atoms with Gasteiger partial charge in [0.2, 0.25) is 5.91 Å². The average molecular weight is 259 g/mol. The number of nitrogens with zero attached hydrogens (tertiary/aromatic N) is 1. The summed E-state index contributed by atoms with van der Waals surface area (Å²) in [5.41, 5.74) is 2.73. The number of carbonyl (C=O) groups excluding carboxylic acids is 1. The maximum atomic E-state index is 12.7. The van der Waals surface area contributed by atoms with E-state index in [0.29, 0.717) is 11.8 Å². The Morgan fingerprint density at radius 3 is 2.42 bits per heavy atom. The minimum Gasteiger partial charge on any atom is -0.342 e. The molecule has 2 rings (SSSR count). The largest absolute Gasteiger partial charge is 0.342 e. The number of hydrogen-bond acceptors (Lipinski definition) is 1. The fourth-order valence-corrected chi connectivity index (χ4v) is 3.20. The quantitative estimate of drug-likeness (QED) is 0.791. The predicted molar refractivity (Wildman–Crippen MR) is 79.2 cm³/mol. The normalized spacial score (nSPS) is 21.2. The molecule has 0 saturated carbocycles. The lowest BCUT2D eigenvalue weighted by atomic mass is 9.93. The van der Waals surface area contributed by atoms with Crippen LogP contribution in [0.2, 0.25) is 0 Å². The molecule has 104 valence electrons. The van der Waals surface area contributed by atoms with E-state index in [1.165, 1.54) is 11.1 Å². The number of fused-ring (bicyclic) bond motifs is 1. The highest BCUT2D eigenvalue weighted by atomic mass is 16.2. The van der Waals surface area contributed by atoms with E-state index in [-0.39, 0.29) is 5.92 Å². The zero-order chi connectivity index (χ0) is 13.8. The molecule has 2 nitrogen and oxygen atoms in total. The van der Waals surface area contributed by atoms with E-state index in [0.717, 1.165) is 32.4 Å².